The van der Waals surface area contributed by atoms with Crippen molar-refractivity contribution in [2.75, 3.05) is 26.7 Å². The Labute approximate surface area is 247 Å². The van der Waals surface area contributed by atoms with Gasteiger partial charge in [0.05, 0.1) is 18.7 Å². The second kappa shape index (κ2) is 14.7. The molecular weight excluding hydrogens is 520 g/mol. The lowest BCUT2D eigenvalue weighted by atomic mass is 9.95. The SMILES string of the molecule is C/C(=C\C(C(C)C)N(C)C(=O)C(NC(=O)C1CCCCN1C(C)C)C(C)C)C(=O)N1CCCC1C(=O)OCC1CC1. The largest absolute Gasteiger partial charge is 0.464 e. The highest BCUT2D eigenvalue weighted by molar-refractivity contribution is 5.96. The van der Waals surface area contributed by atoms with E-state index in [4.69, 9.17) is 4.74 Å². The number of rotatable bonds is 12. The van der Waals surface area contributed by atoms with Crippen LogP contribution < -0.4 is 5.32 Å². The molecule has 0 bridgehead atoms. The van der Waals surface area contributed by atoms with Gasteiger partial charge in [0.2, 0.25) is 17.7 Å². The maximum atomic E-state index is 13.9. The van der Waals surface area contributed by atoms with Crippen LogP contribution in [0, 0.1) is 17.8 Å². The summed E-state index contributed by atoms with van der Waals surface area (Å²) in [6.45, 7) is 15.7. The summed E-state index contributed by atoms with van der Waals surface area (Å²) in [5.41, 5.74) is 0.505. The molecule has 9 heteroatoms. The molecule has 3 amide bonds. The summed E-state index contributed by atoms with van der Waals surface area (Å²) in [7, 11) is 1.75. The molecule has 9 nitrogen and oxygen atoms in total. The van der Waals surface area contributed by atoms with E-state index in [1.165, 1.54) is 0 Å². The van der Waals surface area contributed by atoms with Crippen LogP contribution in [0.3, 0.4) is 0 Å². The van der Waals surface area contributed by atoms with Crippen molar-refractivity contribution in [1.29, 1.82) is 0 Å². The van der Waals surface area contributed by atoms with Crippen LogP contribution in [-0.4, -0.2) is 95.3 Å². The molecule has 3 fully saturated rings. The first-order chi connectivity index (χ1) is 19.3. The average molecular weight is 575 g/mol. The smallest absolute Gasteiger partial charge is 0.328 e. The van der Waals surface area contributed by atoms with E-state index < -0.39 is 12.1 Å². The Morgan fingerprint density at radius 2 is 1.56 bits per heavy atom. The first kappa shape index (κ1) is 33.1. The van der Waals surface area contributed by atoms with E-state index in [0.717, 1.165) is 45.1 Å². The third-order valence-corrected chi connectivity index (χ3v) is 8.92. The molecule has 0 radical (unpaired) electrons. The van der Waals surface area contributed by atoms with Crippen LogP contribution in [0.4, 0.5) is 0 Å². The lowest BCUT2D eigenvalue weighted by molar-refractivity contribution is -0.152. The predicted molar refractivity (Wildman–Crippen MR) is 160 cm³/mol. The standard InChI is InChI=1S/C32H54N4O5/c1-20(2)27(18-23(7)30(38)36-17-11-13-26(36)32(40)41-19-24-14-15-24)34(8)31(39)28(21(3)4)33-29(37)25-12-9-10-16-35(25)22(5)6/h18,20-22,24-28H,9-17,19H2,1-8H3,(H,33,37)/b23-18+. The minimum atomic E-state index is -0.668. The van der Waals surface area contributed by atoms with Gasteiger partial charge in [-0.25, -0.2) is 4.79 Å². The molecule has 1 N–H and O–H groups in total. The summed E-state index contributed by atoms with van der Waals surface area (Å²) in [6.07, 6.45) is 8.30. The summed E-state index contributed by atoms with van der Waals surface area (Å²) < 4.78 is 5.50. The monoisotopic (exact) mass is 574 g/mol. The van der Waals surface area contributed by atoms with Crippen molar-refractivity contribution in [1.82, 2.24) is 20.0 Å². The molecule has 3 rings (SSSR count). The van der Waals surface area contributed by atoms with Crippen molar-refractivity contribution in [3.05, 3.63) is 11.6 Å². The Morgan fingerprint density at radius 3 is 2.15 bits per heavy atom. The van der Waals surface area contributed by atoms with Gasteiger partial charge in [0, 0.05) is 25.2 Å². The van der Waals surface area contributed by atoms with E-state index in [2.05, 4.69) is 24.1 Å². The van der Waals surface area contributed by atoms with Gasteiger partial charge in [-0.2, -0.15) is 0 Å². The molecule has 1 saturated carbocycles. The van der Waals surface area contributed by atoms with Gasteiger partial charge >= 0.3 is 5.97 Å². The highest BCUT2D eigenvalue weighted by Gasteiger charge is 2.38. The number of nitrogens with one attached hydrogen (secondary N) is 1. The van der Waals surface area contributed by atoms with Gasteiger partial charge in [0.1, 0.15) is 12.1 Å². The first-order valence-electron chi connectivity index (χ1n) is 15.8. The number of ether oxygens (including phenoxy) is 1. The number of hydrogen-bond acceptors (Lipinski definition) is 6. The zero-order valence-electron chi connectivity index (χ0n) is 26.7. The third kappa shape index (κ3) is 8.55. The molecular formula is C32H54N4O5. The molecule has 2 saturated heterocycles. The zero-order valence-corrected chi connectivity index (χ0v) is 26.7. The summed E-state index contributed by atoms with van der Waals surface area (Å²) in [6, 6.07) is -1.54. The van der Waals surface area contributed by atoms with Crippen molar-refractivity contribution in [2.24, 2.45) is 17.8 Å². The van der Waals surface area contributed by atoms with Crippen LogP contribution in [0.2, 0.25) is 0 Å². The number of hydrogen-bond donors (Lipinski definition) is 1. The Bertz CT molecular complexity index is 973. The van der Waals surface area contributed by atoms with E-state index in [1.807, 2.05) is 33.8 Å². The van der Waals surface area contributed by atoms with E-state index in [0.29, 0.717) is 31.1 Å². The van der Waals surface area contributed by atoms with Crippen LogP contribution >= 0.6 is 0 Å². The number of piperidine rings is 1. The van der Waals surface area contributed by atoms with Gasteiger partial charge in [0.15, 0.2) is 0 Å². The summed E-state index contributed by atoms with van der Waals surface area (Å²) in [5.74, 6) is -0.356. The Morgan fingerprint density at radius 1 is 0.902 bits per heavy atom. The van der Waals surface area contributed by atoms with Crippen molar-refractivity contribution >= 4 is 23.7 Å². The molecule has 0 aromatic rings. The molecule has 2 aliphatic heterocycles. The lowest BCUT2D eigenvalue weighted by Gasteiger charge is -2.39. The molecule has 1 aliphatic carbocycles. The second-order valence-corrected chi connectivity index (χ2v) is 13.3. The number of carbonyl (C=O) groups excluding carboxylic acids is 4. The van der Waals surface area contributed by atoms with Crippen LogP contribution in [0.5, 0.6) is 0 Å². The van der Waals surface area contributed by atoms with Gasteiger partial charge in [-0.15, -0.1) is 0 Å². The molecule has 3 aliphatic rings. The van der Waals surface area contributed by atoms with Gasteiger partial charge in [0.25, 0.3) is 0 Å². The fraction of sp³-hybridized carbons (Fsp3) is 0.812. The van der Waals surface area contributed by atoms with Crippen LogP contribution in [0.15, 0.2) is 11.6 Å². The van der Waals surface area contributed by atoms with Gasteiger partial charge < -0.3 is 19.9 Å². The molecule has 4 atom stereocenters. The minimum absolute atomic E-state index is 0.0304. The number of likely N-dealkylation sites (tertiary alicyclic amines) is 2. The maximum absolute atomic E-state index is 13.9. The number of nitrogens with zero attached hydrogens (tertiary/aromatic N) is 3. The molecule has 0 spiro atoms. The summed E-state index contributed by atoms with van der Waals surface area (Å²) in [5, 5.41) is 3.09. The third-order valence-electron chi connectivity index (χ3n) is 8.92. The van der Waals surface area contributed by atoms with Crippen molar-refractivity contribution in [3.63, 3.8) is 0 Å². The second-order valence-electron chi connectivity index (χ2n) is 13.3. The molecule has 41 heavy (non-hydrogen) atoms. The Kier molecular flexibility index (Phi) is 11.8. The molecule has 2 heterocycles. The summed E-state index contributed by atoms with van der Waals surface area (Å²) in [4.78, 5) is 59.0. The number of esters is 1. The highest BCUT2D eigenvalue weighted by atomic mass is 16.5. The van der Waals surface area contributed by atoms with Crippen LogP contribution in [0.1, 0.15) is 93.4 Å². The fourth-order valence-electron chi connectivity index (χ4n) is 6.12. The number of carbonyl (C=O) groups is 4. The van der Waals surface area contributed by atoms with Crippen LogP contribution in [-0.2, 0) is 23.9 Å². The van der Waals surface area contributed by atoms with E-state index in [-0.39, 0.29) is 53.7 Å². The van der Waals surface area contributed by atoms with Crippen LogP contribution in [0.25, 0.3) is 0 Å². The van der Waals surface area contributed by atoms with E-state index >= 15 is 0 Å². The maximum Gasteiger partial charge on any atom is 0.328 e. The van der Waals surface area contributed by atoms with Gasteiger partial charge in [-0.1, -0.05) is 40.2 Å². The molecule has 232 valence electrons. The fourth-order valence-corrected chi connectivity index (χ4v) is 6.12. The normalized spacial score (nSPS) is 23.6. The van der Waals surface area contributed by atoms with E-state index in [1.54, 1.807) is 23.8 Å². The highest BCUT2D eigenvalue weighted by Crippen LogP contribution is 2.30. The Hall–Kier alpha value is -2.42. The van der Waals surface area contributed by atoms with E-state index in [9.17, 15) is 19.2 Å². The average Bonchev–Trinajstić information content (AvgIpc) is 3.64. The van der Waals surface area contributed by atoms with Crippen molar-refractivity contribution in [2.45, 2.75) is 124 Å². The quantitative estimate of drug-likeness (QED) is 0.282. The summed E-state index contributed by atoms with van der Waals surface area (Å²) >= 11 is 0. The van der Waals surface area contributed by atoms with Crippen molar-refractivity contribution < 1.29 is 23.9 Å². The molecule has 0 aromatic heterocycles. The predicted octanol–water partition coefficient (Wildman–Crippen LogP) is 3.76. The zero-order chi connectivity index (χ0) is 30.4. The Balaban J connectivity index is 1.71. The van der Waals surface area contributed by atoms with Gasteiger partial charge in [-0.3, -0.25) is 19.3 Å². The van der Waals surface area contributed by atoms with Gasteiger partial charge in [-0.05, 0) is 83.6 Å². The minimum Gasteiger partial charge on any atom is -0.464 e. The number of amides is 3. The molecule has 0 aromatic carbocycles. The first-order valence-corrected chi connectivity index (χ1v) is 15.8. The molecule has 4 unspecified atom stereocenters. The topological polar surface area (TPSA) is 99.3 Å². The van der Waals surface area contributed by atoms with Crippen molar-refractivity contribution in [3.8, 4) is 0 Å². The number of likely N-dealkylation sites (N-methyl/N-ethyl adjacent to an activating group) is 1. The lowest BCUT2D eigenvalue weighted by Crippen LogP contribution is -2.58.